The van der Waals surface area contributed by atoms with Crippen LogP contribution in [0.4, 0.5) is 11.5 Å². The first-order valence-corrected chi connectivity index (χ1v) is 10.7. The third-order valence-corrected chi connectivity index (χ3v) is 4.88. The average molecular weight is 490 g/mol. The maximum absolute atomic E-state index is 12.9. The number of aromatic nitrogens is 5. The number of nitrogens with two attached hydrogens (primary N) is 2. The van der Waals surface area contributed by atoms with Crippen LogP contribution in [0.15, 0.2) is 58.3 Å². The molecule has 0 fully saturated rings. The van der Waals surface area contributed by atoms with Crippen molar-refractivity contribution in [3.05, 3.63) is 71.0 Å². The molecule has 6 N–H and O–H groups in total. The smallest absolute Gasteiger partial charge is 0.293 e. The molecule has 14 nitrogen and oxygen atoms in total. The van der Waals surface area contributed by atoms with Crippen LogP contribution in [0, 0.1) is 0 Å². The van der Waals surface area contributed by atoms with Gasteiger partial charge in [0.25, 0.3) is 11.8 Å². The van der Waals surface area contributed by atoms with Gasteiger partial charge in [0, 0.05) is 5.69 Å². The van der Waals surface area contributed by atoms with Gasteiger partial charge in [-0.05, 0) is 59.2 Å². The fourth-order valence-corrected chi connectivity index (χ4v) is 3.21. The predicted octanol–water partition coefficient (Wildman–Crippen LogP) is 1.11. The standard InChI is InChI=1S/C22H22N10O4/c1-2-35-14-9-7-13(8-10-14)11-26-28-22(34)18-17(32(31-27-18)21-19(23)29-36-30-21)12-25-16-6-4-3-5-15(16)20(24)33/h3-11,25H,2,12H2,1H3,(H2,23,29)(H2,24,33)(H,28,34)/b26-11-. The lowest BCUT2D eigenvalue weighted by atomic mass is 10.1. The molecule has 4 aromatic rings. The first-order valence-electron chi connectivity index (χ1n) is 10.7. The Balaban J connectivity index is 1.56. The fraction of sp³-hybridized carbons (Fsp3) is 0.136. The van der Waals surface area contributed by atoms with E-state index in [2.05, 4.69) is 41.1 Å². The van der Waals surface area contributed by atoms with Crippen molar-refractivity contribution < 1.29 is 19.0 Å². The third-order valence-electron chi connectivity index (χ3n) is 4.88. The molecule has 0 radical (unpaired) electrons. The molecular formula is C22H22N10O4. The second-order valence-electron chi connectivity index (χ2n) is 7.23. The molecule has 0 spiro atoms. The maximum atomic E-state index is 12.9. The number of carbonyl (C=O) groups excluding carboxylic acids is 2. The number of amides is 2. The van der Waals surface area contributed by atoms with Gasteiger partial charge >= 0.3 is 0 Å². The Labute approximate surface area is 204 Å². The maximum Gasteiger partial charge on any atom is 0.293 e. The van der Waals surface area contributed by atoms with Crippen molar-refractivity contribution in [1.82, 2.24) is 30.7 Å². The molecule has 2 heterocycles. The number of anilines is 2. The van der Waals surface area contributed by atoms with Gasteiger partial charge in [0.05, 0.1) is 30.6 Å². The summed E-state index contributed by atoms with van der Waals surface area (Å²) in [6.45, 7) is 2.45. The highest BCUT2D eigenvalue weighted by Crippen LogP contribution is 2.20. The van der Waals surface area contributed by atoms with Crippen LogP contribution in [-0.2, 0) is 6.54 Å². The summed E-state index contributed by atoms with van der Waals surface area (Å²) in [4.78, 5) is 24.7. The molecule has 2 aromatic carbocycles. The number of hydrazone groups is 1. The average Bonchev–Trinajstić information content (AvgIpc) is 3.49. The van der Waals surface area contributed by atoms with Gasteiger partial charge in [-0.3, -0.25) is 9.59 Å². The number of hydrogen-bond acceptors (Lipinski definition) is 11. The topological polar surface area (TPSA) is 201 Å². The molecule has 0 unspecified atom stereocenters. The van der Waals surface area contributed by atoms with Crippen molar-refractivity contribution in [3.8, 4) is 11.6 Å². The van der Waals surface area contributed by atoms with Crippen LogP contribution < -0.4 is 26.9 Å². The Morgan fingerprint density at radius 1 is 1.17 bits per heavy atom. The van der Waals surface area contributed by atoms with Gasteiger partial charge in [-0.1, -0.05) is 17.3 Å². The zero-order valence-electron chi connectivity index (χ0n) is 19.1. The van der Waals surface area contributed by atoms with Crippen LogP contribution in [0.5, 0.6) is 5.75 Å². The van der Waals surface area contributed by atoms with Gasteiger partial charge in [0.15, 0.2) is 5.69 Å². The van der Waals surface area contributed by atoms with E-state index in [1.807, 2.05) is 6.92 Å². The molecule has 0 aliphatic heterocycles. The van der Waals surface area contributed by atoms with Gasteiger partial charge < -0.3 is 21.5 Å². The quantitative estimate of drug-likeness (QED) is 0.184. The molecule has 36 heavy (non-hydrogen) atoms. The van der Waals surface area contributed by atoms with Crippen molar-refractivity contribution in [1.29, 1.82) is 0 Å². The van der Waals surface area contributed by atoms with Crippen molar-refractivity contribution >= 4 is 29.5 Å². The van der Waals surface area contributed by atoms with Crippen LogP contribution in [0.25, 0.3) is 5.82 Å². The Morgan fingerprint density at radius 2 is 1.94 bits per heavy atom. The second-order valence-corrected chi connectivity index (χ2v) is 7.23. The van der Waals surface area contributed by atoms with E-state index in [4.69, 9.17) is 16.2 Å². The molecule has 4 rings (SSSR count). The Bertz CT molecular complexity index is 1390. The molecule has 184 valence electrons. The highest BCUT2D eigenvalue weighted by Gasteiger charge is 2.24. The fourth-order valence-electron chi connectivity index (χ4n) is 3.21. The third kappa shape index (κ3) is 5.27. The van der Waals surface area contributed by atoms with E-state index >= 15 is 0 Å². The summed E-state index contributed by atoms with van der Waals surface area (Å²) >= 11 is 0. The molecule has 0 atom stereocenters. The molecule has 0 saturated carbocycles. The summed E-state index contributed by atoms with van der Waals surface area (Å²) in [5.41, 5.74) is 15.3. The number of nitrogens with zero attached hydrogens (tertiary/aromatic N) is 6. The summed E-state index contributed by atoms with van der Waals surface area (Å²) in [5.74, 6) is -0.541. The lowest BCUT2D eigenvalue weighted by Gasteiger charge is -2.11. The summed E-state index contributed by atoms with van der Waals surface area (Å²) in [5, 5.41) is 22.2. The van der Waals surface area contributed by atoms with Crippen LogP contribution >= 0.6 is 0 Å². The molecule has 2 amide bonds. The van der Waals surface area contributed by atoms with Gasteiger partial charge in [0.2, 0.25) is 11.6 Å². The van der Waals surface area contributed by atoms with Crippen LogP contribution in [-0.4, -0.2) is 49.9 Å². The zero-order chi connectivity index (χ0) is 25.5. The lowest BCUT2D eigenvalue weighted by Crippen LogP contribution is -2.22. The molecular weight excluding hydrogens is 468 g/mol. The number of benzene rings is 2. The minimum Gasteiger partial charge on any atom is -0.494 e. The highest BCUT2D eigenvalue weighted by molar-refractivity contribution is 5.98. The van der Waals surface area contributed by atoms with E-state index in [9.17, 15) is 9.59 Å². The van der Waals surface area contributed by atoms with Crippen molar-refractivity contribution in [2.45, 2.75) is 13.5 Å². The van der Waals surface area contributed by atoms with Crippen molar-refractivity contribution in [2.75, 3.05) is 17.7 Å². The minimum absolute atomic E-state index is 0.00501. The summed E-state index contributed by atoms with van der Waals surface area (Å²) < 4.78 is 11.3. The number of hydrogen-bond donors (Lipinski definition) is 4. The Morgan fingerprint density at radius 3 is 2.64 bits per heavy atom. The number of carbonyl (C=O) groups is 2. The second kappa shape index (κ2) is 10.8. The molecule has 14 heteroatoms. The molecule has 0 aliphatic carbocycles. The first-order chi connectivity index (χ1) is 17.5. The van der Waals surface area contributed by atoms with E-state index in [0.717, 1.165) is 11.3 Å². The minimum atomic E-state index is -0.640. The summed E-state index contributed by atoms with van der Waals surface area (Å²) in [7, 11) is 0. The Hall–Kier alpha value is -5.27. The summed E-state index contributed by atoms with van der Waals surface area (Å²) in [6.07, 6.45) is 1.47. The largest absolute Gasteiger partial charge is 0.494 e. The predicted molar refractivity (Wildman–Crippen MR) is 129 cm³/mol. The van der Waals surface area contributed by atoms with Gasteiger partial charge in [0.1, 0.15) is 5.75 Å². The SMILES string of the molecule is CCOc1ccc(/C=N\NC(=O)c2nnn(-c3nonc3N)c2CNc2ccccc2C(N)=O)cc1. The monoisotopic (exact) mass is 490 g/mol. The number of nitrogen functional groups attached to an aromatic ring is 1. The van der Waals surface area contributed by atoms with Gasteiger partial charge in [-0.15, -0.1) is 5.10 Å². The normalized spacial score (nSPS) is 10.9. The van der Waals surface area contributed by atoms with E-state index in [1.165, 1.54) is 10.9 Å². The van der Waals surface area contributed by atoms with Crippen LogP contribution in [0.3, 0.4) is 0 Å². The number of rotatable bonds is 10. The molecule has 0 saturated heterocycles. The van der Waals surface area contributed by atoms with Gasteiger partial charge in [-0.25, -0.2) is 10.1 Å². The molecule has 2 aromatic heterocycles. The van der Waals surface area contributed by atoms with Crippen molar-refractivity contribution in [2.24, 2.45) is 10.8 Å². The van der Waals surface area contributed by atoms with E-state index in [1.54, 1.807) is 48.5 Å². The van der Waals surface area contributed by atoms with E-state index < -0.39 is 11.8 Å². The van der Waals surface area contributed by atoms with E-state index in [-0.39, 0.29) is 35.1 Å². The van der Waals surface area contributed by atoms with Gasteiger partial charge in [-0.2, -0.15) is 9.78 Å². The molecule has 0 bridgehead atoms. The van der Waals surface area contributed by atoms with Crippen molar-refractivity contribution in [3.63, 3.8) is 0 Å². The van der Waals surface area contributed by atoms with Crippen LogP contribution in [0.2, 0.25) is 0 Å². The summed E-state index contributed by atoms with van der Waals surface area (Å²) in [6, 6.07) is 13.8. The zero-order valence-corrected chi connectivity index (χ0v) is 19.1. The molecule has 0 aliphatic rings. The lowest BCUT2D eigenvalue weighted by molar-refractivity contribution is 0.0947. The number of primary amides is 1. The Kier molecular flexibility index (Phi) is 7.14. The first kappa shape index (κ1) is 23.9. The number of nitrogens with one attached hydrogen (secondary N) is 2. The van der Waals surface area contributed by atoms with Crippen LogP contribution in [0.1, 0.15) is 39.0 Å². The van der Waals surface area contributed by atoms with E-state index in [0.29, 0.717) is 12.3 Å². The number of ether oxygens (including phenoxy) is 1. The highest BCUT2D eigenvalue weighted by atomic mass is 16.6. The number of para-hydroxylation sites is 1.